The second-order valence-corrected chi connectivity index (χ2v) is 7.72. The quantitative estimate of drug-likeness (QED) is 0.321. The van der Waals surface area contributed by atoms with Gasteiger partial charge in [-0.2, -0.15) is 0 Å². The molecule has 2 aromatic carbocycles. The molecule has 10 heteroatoms. The van der Waals surface area contributed by atoms with Gasteiger partial charge in [0.1, 0.15) is 0 Å². The summed E-state index contributed by atoms with van der Waals surface area (Å²) >= 11 is 0. The molecule has 0 amide bonds. The molecule has 108 valence electrons. The summed E-state index contributed by atoms with van der Waals surface area (Å²) in [5, 5.41) is 0.737. The topological polar surface area (TPSA) is 146 Å². The third kappa shape index (κ3) is 2.19. The van der Waals surface area contributed by atoms with Crippen LogP contribution >= 0.6 is 7.06 Å². The Morgan fingerprint density at radius 2 is 0.909 bits per heavy atom. The summed E-state index contributed by atoms with van der Waals surface area (Å²) in [5.74, 6) is 0. The van der Waals surface area contributed by atoms with E-state index in [0.29, 0.717) is 10.6 Å². The molecule has 0 unspecified atom stereocenters. The molecule has 0 bridgehead atoms. The summed E-state index contributed by atoms with van der Waals surface area (Å²) in [7, 11) is -4.47. The first-order chi connectivity index (χ1) is 10.7. The van der Waals surface area contributed by atoms with Crippen molar-refractivity contribution in [1.29, 1.82) is 0 Å². The fourth-order valence-electron chi connectivity index (χ4n) is 2.14. The first kappa shape index (κ1) is 15.2. The summed E-state index contributed by atoms with van der Waals surface area (Å²) in [4.78, 5) is 19.8. The number of rotatable bonds is 5. The number of nitrogens with zero attached hydrogens (tertiary/aromatic N) is 9. The van der Waals surface area contributed by atoms with Crippen LogP contribution < -0.4 is 10.6 Å². The molecular formula is C12H10N9P. The van der Waals surface area contributed by atoms with Gasteiger partial charge in [-0.1, -0.05) is 0 Å². The van der Waals surface area contributed by atoms with E-state index in [-0.39, 0.29) is 0 Å². The second-order valence-electron chi connectivity index (χ2n) is 4.19. The molecule has 22 heavy (non-hydrogen) atoms. The van der Waals surface area contributed by atoms with Crippen LogP contribution in [0.15, 0.2) is 75.3 Å². The average molecular weight is 311 g/mol. The zero-order chi connectivity index (χ0) is 15.9. The summed E-state index contributed by atoms with van der Waals surface area (Å²) < 4.78 is 0. The van der Waals surface area contributed by atoms with E-state index in [1.807, 2.05) is 0 Å². The summed E-state index contributed by atoms with van der Waals surface area (Å²) in [5.41, 5.74) is 27.2. The van der Waals surface area contributed by atoms with Crippen LogP contribution in [0.5, 0.6) is 0 Å². The Morgan fingerprint density at radius 1 is 0.591 bits per heavy atom. The van der Waals surface area contributed by atoms with Gasteiger partial charge in [0.25, 0.3) is 0 Å². The van der Waals surface area contributed by atoms with Gasteiger partial charge in [-0.3, -0.25) is 0 Å². The summed E-state index contributed by atoms with van der Waals surface area (Å²) in [6.07, 6.45) is 0. The van der Waals surface area contributed by atoms with Crippen molar-refractivity contribution in [3.63, 3.8) is 0 Å². The van der Waals surface area contributed by atoms with Gasteiger partial charge in [0.2, 0.25) is 0 Å². The van der Waals surface area contributed by atoms with Gasteiger partial charge < -0.3 is 0 Å². The Labute approximate surface area is 125 Å². The molecule has 0 saturated carbocycles. The predicted octanol–water partition coefficient (Wildman–Crippen LogP) is 4.87. The van der Waals surface area contributed by atoms with E-state index in [1.165, 1.54) is 0 Å². The van der Waals surface area contributed by atoms with E-state index in [9.17, 15) is 0 Å². The number of azide groups is 1. The molecule has 0 heterocycles. The van der Waals surface area contributed by atoms with Crippen LogP contribution in [-0.2, 0) is 0 Å². The van der Waals surface area contributed by atoms with Crippen LogP contribution in [0.1, 0.15) is 0 Å². The van der Waals surface area contributed by atoms with Gasteiger partial charge in [-0.25, -0.2) is 0 Å². The number of benzene rings is 2. The van der Waals surface area contributed by atoms with E-state index < -0.39 is 7.06 Å². The standard InChI is InChI=1S/C12H10N9P/c13-16-19-22(20-17-14,21-18-15,11-7-3-1-4-8-11)12-9-5-2-6-10-12/h1-10H. The van der Waals surface area contributed by atoms with Gasteiger partial charge in [-0.05, 0) is 0 Å². The fourth-order valence-corrected chi connectivity index (χ4v) is 5.07. The molecule has 0 aliphatic heterocycles. The molecule has 0 atom stereocenters. The molecule has 9 nitrogen and oxygen atoms in total. The molecule has 2 rings (SSSR count). The van der Waals surface area contributed by atoms with E-state index in [4.69, 9.17) is 16.6 Å². The van der Waals surface area contributed by atoms with Gasteiger partial charge in [0.15, 0.2) is 0 Å². The van der Waals surface area contributed by atoms with Crippen molar-refractivity contribution in [3.05, 3.63) is 92.0 Å². The second kappa shape index (κ2) is 6.06. The van der Waals surface area contributed by atoms with E-state index in [1.54, 1.807) is 60.7 Å². The maximum absolute atomic E-state index is 9.07. The van der Waals surface area contributed by atoms with Gasteiger partial charge >= 0.3 is 124 Å². The Hall–Kier alpha value is -3.20. The molecular weight excluding hydrogens is 301 g/mol. The third-order valence-corrected chi connectivity index (χ3v) is 6.85. The molecule has 0 aromatic heterocycles. The van der Waals surface area contributed by atoms with Gasteiger partial charge in [0, 0.05) is 0 Å². The Kier molecular flexibility index (Phi) is 4.18. The van der Waals surface area contributed by atoms with Crippen LogP contribution in [0.25, 0.3) is 31.3 Å². The van der Waals surface area contributed by atoms with Crippen molar-refractivity contribution in [2.75, 3.05) is 0 Å². The van der Waals surface area contributed by atoms with E-state index >= 15 is 0 Å². The number of hydrogen-bond donors (Lipinski definition) is 0. The molecule has 0 saturated heterocycles. The van der Waals surface area contributed by atoms with Crippen LogP contribution in [0, 0.1) is 0 Å². The average Bonchev–Trinajstić information content (AvgIpc) is 2.57. The Morgan fingerprint density at radius 3 is 1.18 bits per heavy atom. The fraction of sp³-hybridized carbons (Fsp3) is 0. The predicted molar refractivity (Wildman–Crippen MR) is 86.5 cm³/mol. The molecule has 0 N–H and O–H groups in total. The minimum atomic E-state index is -4.47. The molecule has 0 aliphatic carbocycles. The maximum atomic E-state index is 9.07. The molecule has 0 radical (unpaired) electrons. The van der Waals surface area contributed by atoms with Crippen molar-refractivity contribution < 1.29 is 0 Å². The monoisotopic (exact) mass is 311 g/mol. The van der Waals surface area contributed by atoms with Crippen LogP contribution in [0.3, 0.4) is 0 Å². The van der Waals surface area contributed by atoms with Crippen molar-refractivity contribution in [3.8, 4) is 0 Å². The Balaban J connectivity index is 3.10. The molecule has 2 aromatic rings. The summed E-state index contributed by atoms with van der Waals surface area (Å²) in [6, 6.07) is 16.7. The minimum absolute atomic E-state index is 0.369. The van der Waals surface area contributed by atoms with Crippen molar-refractivity contribution in [1.82, 2.24) is 0 Å². The van der Waals surface area contributed by atoms with E-state index in [0.717, 1.165) is 0 Å². The van der Waals surface area contributed by atoms with Crippen molar-refractivity contribution >= 4 is 17.7 Å². The van der Waals surface area contributed by atoms with Gasteiger partial charge in [0.05, 0.1) is 0 Å². The van der Waals surface area contributed by atoms with Crippen LogP contribution in [0.4, 0.5) is 0 Å². The van der Waals surface area contributed by atoms with Crippen molar-refractivity contribution in [2.45, 2.75) is 0 Å². The van der Waals surface area contributed by atoms with Crippen LogP contribution in [-0.4, -0.2) is 0 Å². The zero-order valence-corrected chi connectivity index (χ0v) is 12.1. The molecule has 0 spiro atoms. The number of hydrogen-bond acceptors (Lipinski definition) is 3. The van der Waals surface area contributed by atoms with E-state index in [2.05, 4.69) is 29.4 Å². The SMILES string of the molecule is [N-]=[N+]=NP(N=[N+]=[N-])(N=[N+]=[N-])(c1ccccc1)c1ccccc1. The molecule has 0 fully saturated rings. The van der Waals surface area contributed by atoms with Crippen LogP contribution in [0.2, 0.25) is 0 Å². The normalized spacial score (nSPS) is 11.7. The first-order valence-electron chi connectivity index (χ1n) is 6.07. The third-order valence-electron chi connectivity index (χ3n) is 3.09. The zero-order valence-electron chi connectivity index (χ0n) is 11.2. The first-order valence-corrected chi connectivity index (χ1v) is 8.16. The van der Waals surface area contributed by atoms with Gasteiger partial charge in [-0.15, -0.1) is 0 Å². The summed E-state index contributed by atoms with van der Waals surface area (Å²) in [6.45, 7) is 0. The van der Waals surface area contributed by atoms with Crippen molar-refractivity contribution in [2.24, 2.45) is 14.7 Å². The Bertz CT molecular complexity index is 724. The molecule has 0 aliphatic rings.